The zero-order valence-corrected chi connectivity index (χ0v) is 27.5. The van der Waals surface area contributed by atoms with Crippen LogP contribution >= 0.6 is 11.3 Å². The number of fused-ring (bicyclic) bond motifs is 9. The summed E-state index contributed by atoms with van der Waals surface area (Å²) >= 11 is 1.93. The minimum atomic E-state index is 0.194. The molecule has 230 valence electrons. The van der Waals surface area contributed by atoms with Crippen molar-refractivity contribution < 1.29 is 0 Å². The molecule has 1 aromatic heterocycles. The Labute approximate surface area is 286 Å². The Balaban J connectivity index is 1.09. The molecule has 0 radical (unpaired) electrons. The van der Waals surface area contributed by atoms with Crippen LogP contribution in [0.5, 0.6) is 0 Å². The van der Waals surface area contributed by atoms with E-state index in [1.807, 2.05) is 11.3 Å². The van der Waals surface area contributed by atoms with E-state index in [2.05, 4.69) is 163 Å². The van der Waals surface area contributed by atoms with Crippen LogP contribution in [0.25, 0.3) is 27.3 Å². The van der Waals surface area contributed by atoms with Crippen molar-refractivity contribution in [2.75, 3.05) is 4.90 Å². The molecule has 2 atom stereocenters. The fourth-order valence-corrected chi connectivity index (χ4v) is 9.65. The number of aryl methyl sites for hydroxylation is 1. The molecule has 0 amide bonds. The van der Waals surface area contributed by atoms with Crippen LogP contribution in [0.4, 0.5) is 17.1 Å². The van der Waals surface area contributed by atoms with E-state index in [1.54, 1.807) is 0 Å². The topological polar surface area (TPSA) is 3.24 Å². The number of thiophene rings is 1. The predicted octanol–water partition coefficient (Wildman–Crippen LogP) is 12.8. The molecule has 7 aromatic rings. The highest BCUT2D eigenvalue weighted by Gasteiger charge is 2.45. The van der Waals surface area contributed by atoms with Crippen LogP contribution in [0.3, 0.4) is 0 Å². The third-order valence-electron chi connectivity index (χ3n) is 10.8. The molecule has 2 heteroatoms. The summed E-state index contributed by atoms with van der Waals surface area (Å²) in [7, 11) is 0. The summed E-state index contributed by atoms with van der Waals surface area (Å²) in [6.07, 6.45) is 8.14. The Bertz CT molecular complexity index is 2290. The lowest BCUT2D eigenvalue weighted by molar-refractivity contribution is 0.960. The summed E-state index contributed by atoms with van der Waals surface area (Å²) in [4.78, 5) is 3.88. The van der Waals surface area contributed by atoms with Crippen LogP contribution in [0.1, 0.15) is 68.9 Å². The van der Waals surface area contributed by atoms with Gasteiger partial charge in [0.05, 0.1) is 0 Å². The van der Waals surface area contributed by atoms with E-state index in [-0.39, 0.29) is 5.92 Å². The normalized spacial score (nSPS) is 17.0. The van der Waals surface area contributed by atoms with Gasteiger partial charge in [-0.2, -0.15) is 0 Å². The molecule has 1 fully saturated rings. The highest BCUT2D eigenvalue weighted by atomic mass is 32.1. The summed E-state index contributed by atoms with van der Waals surface area (Å²) in [6.45, 7) is 0. The summed E-state index contributed by atoms with van der Waals surface area (Å²) in [5.74, 6) is 1.39. The van der Waals surface area contributed by atoms with Crippen molar-refractivity contribution in [3.05, 3.63) is 190 Å². The number of anilines is 3. The third-order valence-corrected chi connectivity index (χ3v) is 11.9. The molecule has 3 aliphatic carbocycles. The molecule has 1 saturated carbocycles. The highest BCUT2D eigenvalue weighted by molar-refractivity contribution is 7.20. The van der Waals surface area contributed by atoms with Crippen LogP contribution in [-0.2, 0) is 6.42 Å². The first-order valence-electron chi connectivity index (χ1n) is 17.3. The van der Waals surface area contributed by atoms with Gasteiger partial charge in [-0.3, -0.25) is 0 Å². The Morgan fingerprint density at radius 3 is 2.02 bits per heavy atom. The molecule has 1 heterocycles. The van der Waals surface area contributed by atoms with Crippen molar-refractivity contribution in [3.63, 3.8) is 0 Å². The zero-order valence-electron chi connectivity index (χ0n) is 26.7. The van der Waals surface area contributed by atoms with Crippen LogP contribution in [-0.4, -0.2) is 0 Å². The summed E-state index contributed by atoms with van der Waals surface area (Å²) < 4.78 is 1.37. The van der Waals surface area contributed by atoms with Crippen LogP contribution in [0.2, 0.25) is 0 Å². The van der Waals surface area contributed by atoms with E-state index >= 15 is 0 Å². The van der Waals surface area contributed by atoms with Crippen molar-refractivity contribution in [2.24, 2.45) is 0 Å². The molecular formula is C46H35NS. The first-order chi connectivity index (χ1) is 23.8. The fraction of sp³-hybridized carbons (Fsp3) is 0.130. The van der Waals surface area contributed by atoms with Gasteiger partial charge in [0.15, 0.2) is 0 Å². The molecule has 0 bridgehead atoms. The monoisotopic (exact) mass is 633 g/mol. The van der Waals surface area contributed by atoms with Crippen LogP contribution in [0, 0.1) is 0 Å². The van der Waals surface area contributed by atoms with Gasteiger partial charge < -0.3 is 4.90 Å². The average molecular weight is 634 g/mol. The van der Waals surface area contributed by atoms with Crippen LogP contribution in [0.15, 0.2) is 152 Å². The maximum absolute atomic E-state index is 2.50. The Kier molecular flexibility index (Phi) is 6.52. The van der Waals surface area contributed by atoms with Crippen molar-refractivity contribution >= 4 is 44.6 Å². The molecule has 0 saturated heterocycles. The molecule has 0 N–H and O–H groups in total. The number of para-hydroxylation sites is 1. The molecule has 0 aliphatic heterocycles. The molecular weight excluding hydrogens is 599 g/mol. The minimum absolute atomic E-state index is 0.194. The van der Waals surface area contributed by atoms with E-state index in [0.29, 0.717) is 11.8 Å². The van der Waals surface area contributed by atoms with Gasteiger partial charge in [-0.05, 0) is 130 Å². The molecule has 48 heavy (non-hydrogen) atoms. The van der Waals surface area contributed by atoms with Crippen molar-refractivity contribution in [1.29, 1.82) is 0 Å². The number of allylic oxidation sites excluding steroid dienone is 1. The first-order valence-corrected chi connectivity index (χ1v) is 18.1. The summed E-state index contributed by atoms with van der Waals surface area (Å²) in [5, 5.41) is 1.42. The SMILES string of the molecule is C1=Cc2sc3cc(N(c4ccccc4)c4ccc5c(c4)C4CC4c4ccc(C(c6ccccc6)c6ccccc6)cc4-5)ccc3c2CC1. The fourth-order valence-electron chi connectivity index (χ4n) is 8.43. The Hall–Kier alpha value is -5.18. The highest BCUT2D eigenvalue weighted by Crippen LogP contribution is 2.63. The number of hydrogen-bond acceptors (Lipinski definition) is 2. The number of rotatable bonds is 6. The lowest BCUT2D eigenvalue weighted by Gasteiger charge is -2.28. The van der Waals surface area contributed by atoms with Gasteiger partial charge in [0.2, 0.25) is 0 Å². The lowest BCUT2D eigenvalue weighted by Crippen LogP contribution is -2.11. The first kappa shape index (κ1) is 27.9. The van der Waals surface area contributed by atoms with E-state index in [4.69, 9.17) is 0 Å². The standard InChI is InChI=1S/C46H35NS/c1-4-12-30(13-5-1)46(31-14-6-2-7-15-31)32-20-23-36-40(26-32)37-24-21-34(27-41(37)43-29-42(36)43)47(33-16-8-3-9-17-33)35-22-25-39-38-18-10-11-19-44(38)48-45(39)28-35/h1-9,11-17,19-28,42-43,46H,10,18,29H2. The predicted molar refractivity (Wildman–Crippen MR) is 203 cm³/mol. The minimum Gasteiger partial charge on any atom is -0.310 e. The molecule has 6 aromatic carbocycles. The Morgan fingerprint density at radius 2 is 1.25 bits per heavy atom. The number of hydrogen-bond donors (Lipinski definition) is 0. The van der Waals surface area contributed by atoms with Gasteiger partial charge in [0.25, 0.3) is 0 Å². The van der Waals surface area contributed by atoms with E-state index in [0.717, 1.165) is 12.8 Å². The van der Waals surface area contributed by atoms with Gasteiger partial charge >= 0.3 is 0 Å². The molecule has 2 unspecified atom stereocenters. The second-order valence-corrected chi connectivity index (χ2v) is 14.6. The second-order valence-electron chi connectivity index (χ2n) is 13.6. The third kappa shape index (κ3) is 4.58. The van der Waals surface area contributed by atoms with E-state index < -0.39 is 0 Å². The molecule has 3 aliphatic rings. The van der Waals surface area contributed by atoms with Crippen LogP contribution < -0.4 is 4.90 Å². The van der Waals surface area contributed by atoms with Gasteiger partial charge in [-0.1, -0.05) is 109 Å². The van der Waals surface area contributed by atoms with Crippen molar-refractivity contribution in [2.45, 2.75) is 37.0 Å². The quantitative estimate of drug-likeness (QED) is 0.165. The lowest BCUT2D eigenvalue weighted by atomic mass is 9.80. The largest absolute Gasteiger partial charge is 0.310 e. The molecule has 10 rings (SSSR count). The van der Waals surface area contributed by atoms with Crippen molar-refractivity contribution in [1.82, 2.24) is 0 Å². The number of benzene rings is 6. The van der Waals surface area contributed by atoms with Gasteiger partial charge in [-0.25, -0.2) is 0 Å². The molecule has 0 spiro atoms. The number of nitrogens with zero attached hydrogens (tertiary/aromatic N) is 1. The molecule has 1 nitrogen and oxygen atoms in total. The second kappa shape index (κ2) is 11.2. The van der Waals surface area contributed by atoms with Crippen molar-refractivity contribution in [3.8, 4) is 11.1 Å². The van der Waals surface area contributed by atoms with E-state index in [1.165, 1.54) is 83.0 Å². The summed E-state index contributed by atoms with van der Waals surface area (Å²) in [6, 6.07) is 54.5. The van der Waals surface area contributed by atoms with Gasteiger partial charge in [0, 0.05) is 32.6 Å². The smallest absolute Gasteiger partial charge is 0.0476 e. The Morgan fingerprint density at radius 1 is 0.562 bits per heavy atom. The maximum Gasteiger partial charge on any atom is 0.0476 e. The van der Waals surface area contributed by atoms with Gasteiger partial charge in [-0.15, -0.1) is 11.3 Å². The van der Waals surface area contributed by atoms with Gasteiger partial charge in [0.1, 0.15) is 0 Å². The zero-order chi connectivity index (χ0) is 31.6. The average Bonchev–Trinajstić information content (AvgIpc) is 3.88. The summed E-state index contributed by atoms with van der Waals surface area (Å²) in [5.41, 5.74) is 15.0. The van der Waals surface area contributed by atoms with E-state index in [9.17, 15) is 0 Å². The maximum atomic E-state index is 2.50.